The van der Waals surface area contributed by atoms with Gasteiger partial charge in [0.15, 0.2) is 6.29 Å². The second-order valence-electron chi connectivity index (χ2n) is 11.1. The Labute approximate surface area is 265 Å². The molecule has 0 amide bonds. The molecule has 1 saturated heterocycles. The molecule has 1 fully saturated rings. The summed E-state index contributed by atoms with van der Waals surface area (Å²) in [5.41, 5.74) is -0.425. The Bertz CT molecular complexity index is 1630. The van der Waals surface area contributed by atoms with E-state index < -0.39 is 53.3 Å². The van der Waals surface area contributed by atoms with Gasteiger partial charge in [-0.25, -0.2) is 13.2 Å². The second-order valence-corrected chi connectivity index (χ2v) is 11.1. The fourth-order valence-corrected chi connectivity index (χ4v) is 5.26. The summed E-state index contributed by atoms with van der Waals surface area (Å²) in [7, 11) is 0. The molecule has 0 unspecified atom stereocenters. The largest absolute Gasteiger partial charge is 0.573 e. The minimum atomic E-state index is -5.01. The third kappa shape index (κ3) is 8.61. The summed E-state index contributed by atoms with van der Waals surface area (Å²) in [6.07, 6.45) is -5.58. The predicted molar refractivity (Wildman–Crippen MR) is 157 cm³/mol. The van der Waals surface area contributed by atoms with Crippen molar-refractivity contribution in [1.29, 1.82) is 0 Å². The number of unbranched alkanes of at least 4 members (excludes halogenated alkanes) is 2. The monoisotopic (exact) mass is 666 g/mol. The molecule has 12 heteroatoms. The molecule has 0 aliphatic carbocycles. The molecule has 47 heavy (non-hydrogen) atoms. The van der Waals surface area contributed by atoms with Crippen molar-refractivity contribution in [3.8, 4) is 33.8 Å². The first kappa shape index (κ1) is 34.2. The second kappa shape index (κ2) is 14.3. The Morgan fingerprint density at radius 2 is 1.21 bits per heavy atom. The summed E-state index contributed by atoms with van der Waals surface area (Å²) < 4.78 is 131. The van der Waals surface area contributed by atoms with Crippen LogP contribution in [0.1, 0.15) is 50.0 Å². The normalized spacial score (nSPS) is 17.0. The van der Waals surface area contributed by atoms with E-state index in [1.165, 1.54) is 18.6 Å². The molecule has 0 spiro atoms. The van der Waals surface area contributed by atoms with Crippen molar-refractivity contribution in [2.75, 3.05) is 13.2 Å². The Morgan fingerprint density at radius 1 is 0.660 bits per heavy atom. The van der Waals surface area contributed by atoms with E-state index in [9.17, 15) is 30.7 Å². The number of alkyl halides is 5. The van der Waals surface area contributed by atoms with Crippen LogP contribution in [0.5, 0.6) is 11.5 Å². The predicted octanol–water partition coefficient (Wildman–Crippen LogP) is 10.7. The Balaban J connectivity index is 1.26. The summed E-state index contributed by atoms with van der Waals surface area (Å²) in [4.78, 5) is 0. The Hall–Kier alpha value is -4.16. The van der Waals surface area contributed by atoms with Gasteiger partial charge in [-0.05, 0) is 65.6 Å². The lowest BCUT2D eigenvalue weighted by atomic mass is 9.97. The minimum Gasteiger partial charge on any atom is -0.429 e. The average molecular weight is 667 g/mol. The van der Waals surface area contributed by atoms with Crippen LogP contribution in [0.3, 0.4) is 0 Å². The van der Waals surface area contributed by atoms with Gasteiger partial charge in [0.2, 0.25) is 0 Å². The maximum Gasteiger partial charge on any atom is 0.573 e. The fourth-order valence-electron chi connectivity index (χ4n) is 5.26. The lowest BCUT2D eigenvalue weighted by molar-refractivity contribution is -0.274. The van der Waals surface area contributed by atoms with Crippen LogP contribution in [-0.2, 0) is 15.6 Å². The van der Waals surface area contributed by atoms with Crippen LogP contribution < -0.4 is 9.47 Å². The third-order valence-corrected chi connectivity index (χ3v) is 7.62. The highest BCUT2D eigenvalue weighted by Crippen LogP contribution is 2.39. The van der Waals surface area contributed by atoms with Crippen LogP contribution in [0, 0.1) is 23.4 Å². The smallest absolute Gasteiger partial charge is 0.429 e. The van der Waals surface area contributed by atoms with Crippen LogP contribution in [0.4, 0.5) is 35.1 Å². The topological polar surface area (TPSA) is 36.9 Å². The maximum absolute atomic E-state index is 15.2. The molecule has 0 N–H and O–H groups in total. The van der Waals surface area contributed by atoms with E-state index in [1.54, 1.807) is 24.3 Å². The summed E-state index contributed by atoms with van der Waals surface area (Å²) >= 11 is 0. The number of halogens is 8. The van der Waals surface area contributed by atoms with Crippen LogP contribution in [0.15, 0.2) is 78.9 Å². The van der Waals surface area contributed by atoms with Crippen LogP contribution >= 0.6 is 0 Å². The van der Waals surface area contributed by atoms with E-state index in [0.717, 1.165) is 30.9 Å². The standard InChI is InChI=1S/C35H30F8O4/c1-2-3-4-5-21-19-44-33(45-20-21)23-8-6-22(7-9-23)24-10-15-28(29(36)16-24)25-17-30(37)32(31(38)18-25)34(39,40)46-26-11-13-27(14-12-26)47-35(41,42)43/h6-18,21,33H,2-5,19-20H2,1H3. The molecule has 0 radical (unpaired) electrons. The molecule has 250 valence electrons. The van der Waals surface area contributed by atoms with Gasteiger partial charge in [-0.2, -0.15) is 8.78 Å². The molecular weight excluding hydrogens is 636 g/mol. The zero-order valence-corrected chi connectivity index (χ0v) is 25.1. The number of rotatable bonds is 11. The van der Waals surface area contributed by atoms with Crippen molar-refractivity contribution in [3.63, 3.8) is 0 Å². The van der Waals surface area contributed by atoms with Gasteiger partial charge in [-0.3, -0.25) is 0 Å². The van der Waals surface area contributed by atoms with Crippen molar-refractivity contribution in [3.05, 3.63) is 107 Å². The highest BCUT2D eigenvalue weighted by Gasteiger charge is 2.41. The molecule has 4 nitrogen and oxygen atoms in total. The molecule has 5 rings (SSSR count). The Kier molecular flexibility index (Phi) is 10.4. The van der Waals surface area contributed by atoms with E-state index in [-0.39, 0.29) is 11.1 Å². The van der Waals surface area contributed by atoms with Crippen molar-refractivity contribution < 1.29 is 54.1 Å². The zero-order chi connectivity index (χ0) is 33.8. The summed E-state index contributed by atoms with van der Waals surface area (Å²) in [6.45, 7) is 3.36. The first-order valence-corrected chi connectivity index (χ1v) is 14.9. The van der Waals surface area contributed by atoms with E-state index in [1.807, 2.05) is 0 Å². The van der Waals surface area contributed by atoms with Crippen molar-refractivity contribution in [2.45, 2.75) is 51.4 Å². The first-order chi connectivity index (χ1) is 22.3. The highest BCUT2D eigenvalue weighted by molar-refractivity contribution is 5.71. The van der Waals surface area contributed by atoms with Gasteiger partial charge in [0.1, 0.15) is 34.5 Å². The van der Waals surface area contributed by atoms with E-state index in [4.69, 9.17) is 9.47 Å². The summed E-state index contributed by atoms with van der Waals surface area (Å²) in [5, 5.41) is 0. The zero-order valence-electron chi connectivity index (χ0n) is 25.1. The molecule has 0 bridgehead atoms. The number of hydrogen-bond donors (Lipinski definition) is 0. The molecule has 1 heterocycles. The van der Waals surface area contributed by atoms with Gasteiger partial charge in [0.05, 0.1) is 13.2 Å². The summed E-state index contributed by atoms with van der Waals surface area (Å²) in [6, 6.07) is 15.0. The number of benzene rings is 4. The van der Waals surface area contributed by atoms with Gasteiger partial charge in [-0.1, -0.05) is 62.6 Å². The quantitative estimate of drug-likeness (QED) is 0.118. The minimum absolute atomic E-state index is 0.239. The molecule has 0 atom stereocenters. The first-order valence-electron chi connectivity index (χ1n) is 14.9. The molecule has 4 aromatic rings. The number of hydrogen-bond acceptors (Lipinski definition) is 4. The Morgan fingerprint density at radius 3 is 1.77 bits per heavy atom. The SMILES string of the molecule is CCCCCC1COC(c2ccc(-c3ccc(-c4cc(F)c(C(F)(F)Oc5ccc(OC(F)(F)F)cc5)c(F)c4)c(F)c3)cc2)OC1. The van der Waals surface area contributed by atoms with Crippen molar-refractivity contribution >= 4 is 0 Å². The van der Waals surface area contributed by atoms with Crippen LogP contribution in [0.2, 0.25) is 0 Å². The van der Waals surface area contributed by atoms with Crippen molar-refractivity contribution in [1.82, 2.24) is 0 Å². The van der Waals surface area contributed by atoms with E-state index >= 15 is 4.39 Å². The average Bonchev–Trinajstić information content (AvgIpc) is 3.01. The lowest BCUT2D eigenvalue weighted by Crippen LogP contribution is -2.27. The van der Waals surface area contributed by atoms with Crippen molar-refractivity contribution in [2.24, 2.45) is 5.92 Å². The maximum atomic E-state index is 15.2. The van der Waals surface area contributed by atoms with Gasteiger partial charge < -0.3 is 18.9 Å². The van der Waals surface area contributed by atoms with Gasteiger partial charge >= 0.3 is 12.5 Å². The van der Waals surface area contributed by atoms with Crippen LogP contribution in [-0.4, -0.2) is 19.6 Å². The molecule has 0 aromatic heterocycles. The summed E-state index contributed by atoms with van der Waals surface area (Å²) in [5.74, 6) is -5.34. The molecule has 0 saturated carbocycles. The number of ether oxygens (including phenoxy) is 4. The van der Waals surface area contributed by atoms with Gasteiger partial charge in [-0.15, -0.1) is 13.2 Å². The lowest BCUT2D eigenvalue weighted by Gasteiger charge is -2.29. The third-order valence-electron chi connectivity index (χ3n) is 7.62. The van der Waals surface area contributed by atoms with E-state index in [2.05, 4.69) is 16.4 Å². The molecule has 1 aliphatic rings. The fraction of sp³-hybridized carbons (Fsp3) is 0.314. The molecular formula is C35H30F8O4. The van der Waals surface area contributed by atoms with E-state index in [0.29, 0.717) is 66.7 Å². The molecule has 1 aliphatic heterocycles. The van der Waals surface area contributed by atoms with Gasteiger partial charge in [0, 0.05) is 17.0 Å². The highest BCUT2D eigenvalue weighted by atomic mass is 19.4. The molecule has 4 aromatic carbocycles. The van der Waals surface area contributed by atoms with Crippen LogP contribution in [0.25, 0.3) is 22.3 Å². The van der Waals surface area contributed by atoms with Gasteiger partial charge in [0.25, 0.3) is 0 Å².